The van der Waals surface area contributed by atoms with E-state index in [1.165, 1.54) is 52.4 Å². The predicted octanol–water partition coefficient (Wildman–Crippen LogP) is 3.78. The Morgan fingerprint density at radius 2 is 1.95 bits per heavy atom. The van der Waals surface area contributed by atoms with E-state index >= 15 is 0 Å². The van der Waals surface area contributed by atoms with Gasteiger partial charge in [-0.3, -0.25) is 0 Å². The standard InChI is InChI=1S/C17H22O4/c1-20-14-10-13(9-8-12-6-4-3-5-7-12)16(15(18)11-14)17(19)21-2/h8-12,18H,3-7H2,1-2H3/b9-8+. The maximum Gasteiger partial charge on any atom is 0.342 e. The van der Waals surface area contributed by atoms with Crippen molar-refractivity contribution in [3.05, 3.63) is 29.3 Å². The molecule has 4 heteroatoms. The van der Waals surface area contributed by atoms with Gasteiger partial charge in [-0.05, 0) is 30.4 Å². The summed E-state index contributed by atoms with van der Waals surface area (Å²) in [7, 11) is 2.84. The fraction of sp³-hybridized carbons (Fsp3) is 0.471. The van der Waals surface area contributed by atoms with E-state index < -0.39 is 5.97 Å². The fourth-order valence-electron chi connectivity index (χ4n) is 2.76. The molecule has 1 aromatic carbocycles. The monoisotopic (exact) mass is 290 g/mol. The molecule has 1 aliphatic carbocycles. The summed E-state index contributed by atoms with van der Waals surface area (Å²) < 4.78 is 9.90. The van der Waals surface area contributed by atoms with Crippen LogP contribution in [0.2, 0.25) is 0 Å². The minimum absolute atomic E-state index is 0.121. The third-order valence-corrected chi connectivity index (χ3v) is 3.94. The van der Waals surface area contributed by atoms with Crippen LogP contribution in [0.4, 0.5) is 0 Å². The first-order valence-electron chi connectivity index (χ1n) is 7.33. The molecule has 1 fully saturated rings. The molecule has 1 aliphatic rings. The lowest BCUT2D eigenvalue weighted by Crippen LogP contribution is -2.06. The topological polar surface area (TPSA) is 55.8 Å². The average molecular weight is 290 g/mol. The largest absolute Gasteiger partial charge is 0.507 e. The molecule has 1 N–H and O–H groups in total. The van der Waals surface area contributed by atoms with Crippen LogP contribution in [0.15, 0.2) is 18.2 Å². The molecule has 0 radical (unpaired) electrons. The second kappa shape index (κ2) is 7.16. The number of allylic oxidation sites excluding steroid dienone is 1. The molecule has 0 atom stereocenters. The van der Waals surface area contributed by atoms with Gasteiger partial charge in [-0.1, -0.05) is 31.4 Å². The SMILES string of the molecule is COC(=O)c1c(O)cc(OC)cc1/C=C/C1CCCCC1. The summed E-state index contributed by atoms with van der Waals surface area (Å²) >= 11 is 0. The van der Waals surface area contributed by atoms with Gasteiger partial charge in [0.2, 0.25) is 0 Å². The van der Waals surface area contributed by atoms with Gasteiger partial charge in [0, 0.05) is 6.07 Å². The quantitative estimate of drug-likeness (QED) is 0.857. The zero-order valence-corrected chi connectivity index (χ0v) is 12.6. The molecule has 21 heavy (non-hydrogen) atoms. The number of methoxy groups -OCH3 is 2. The number of phenolic OH excluding ortho intramolecular Hbond substituents is 1. The lowest BCUT2D eigenvalue weighted by atomic mass is 9.88. The van der Waals surface area contributed by atoms with Gasteiger partial charge < -0.3 is 14.6 Å². The molecule has 114 valence electrons. The normalized spacial score (nSPS) is 16.1. The van der Waals surface area contributed by atoms with Crippen molar-refractivity contribution in [3.63, 3.8) is 0 Å². The van der Waals surface area contributed by atoms with Gasteiger partial charge in [-0.15, -0.1) is 0 Å². The summed E-state index contributed by atoms with van der Waals surface area (Å²) in [4.78, 5) is 11.8. The minimum atomic E-state index is -0.543. The molecule has 0 amide bonds. The maximum atomic E-state index is 11.8. The Kier molecular flexibility index (Phi) is 5.26. The first-order chi connectivity index (χ1) is 10.2. The van der Waals surface area contributed by atoms with Crippen LogP contribution < -0.4 is 4.74 Å². The zero-order chi connectivity index (χ0) is 15.2. The molecule has 1 aromatic rings. The first-order valence-corrected chi connectivity index (χ1v) is 7.33. The van der Waals surface area contributed by atoms with E-state index in [0.717, 1.165) is 0 Å². The summed E-state index contributed by atoms with van der Waals surface area (Å²) in [6.45, 7) is 0. The van der Waals surface area contributed by atoms with Gasteiger partial charge in [0.1, 0.15) is 17.1 Å². The van der Waals surface area contributed by atoms with Crippen LogP contribution in [-0.4, -0.2) is 25.3 Å². The minimum Gasteiger partial charge on any atom is -0.507 e. The van der Waals surface area contributed by atoms with Gasteiger partial charge in [-0.25, -0.2) is 4.79 Å². The Hall–Kier alpha value is -1.97. The van der Waals surface area contributed by atoms with Crippen molar-refractivity contribution in [2.24, 2.45) is 5.92 Å². The predicted molar refractivity (Wildman–Crippen MR) is 81.6 cm³/mol. The second-order valence-electron chi connectivity index (χ2n) is 5.36. The number of carbonyl (C=O) groups excluding carboxylic acids is 1. The van der Waals surface area contributed by atoms with Crippen molar-refractivity contribution in [1.29, 1.82) is 0 Å². The molecular formula is C17H22O4. The van der Waals surface area contributed by atoms with Crippen molar-refractivity contribution in [2.45, 2.75) is 32.1 Å². The van der Waals surface area contributed by atoms with Gasteiger partial charge in [0.05, 0.1) is 14.2 Å². The Morgan fingerprint density at radius 3 is 2.57 bits per heavy atom. The van der Waals surface area contributed by atoms with Crippen LogP contribution in [0.1, 0.15) is 48.0 Å². The number of phenols is 1. The Labute approximate surface area is 125 Å². The summed E-state index contributed by atoms with van der Waals surface area (Å²) in [6.07, 6.45) is 10.2. The van der Waals surface area contributed by atoms with Crippen molar-refractivity contribution < 1.29 is 19.4 Å². The number of esters is 1. The zero-order valence-electron chi connectivity index (χ0n) is 12.6. The van der Waals surface area contributed by atoms with Gasteiger partial charge >= 0.3 is 5.97 Å². The van der Waals surface area contributed by atoms with Crippen LogP contribution in [0.25, 0.3) is 6.08 Å². The van der Waals surface area contributed by atoms with E-state index in [-0.39, 0.29) is 11.3 Å². The molecule has 1 saturated carbocycles. The van der Waals surface area contributed by atoms with Gasteiger partial charge in [0.15, 0.2) is 0 Å². The molecule has 2 rings (SSSR count). The number of ether oxygens (including phenoxy) is 2. The summed E-state index contributed by atoms with van der Waals surface area (Å²) in [5.41, 5.74) is 0.814. The molecule has 0 bridgehead atoms. The fourth-order valence-corrected chi connectivity index (χ4v) is 2.76. The van der Waals surface area contributed by atoms with Gasteiger partial charge in [-0.2, -0.15) is 0 Å². The Balaban J connectivity index is 2.32. The highest BCUT2D eigenvalue weighted by atomic mass is 16.5. The number of benzene rings is 1. The van der Waals surface area contributed by atoms with Crippen LogP contribution in [0, 0.1) is 5.92 Å². The van der Waals surface area contributed by atoms with E-state index in [0.29, 0.717) is 17.2 Å². The molecule has 4 nitrogen and oxygen atoms in total. The van der Waals surface area contributed by atoms with Crippen molar-refractivity contribution >= 4 is 12.0 Å². The van der Waals surface area contributed by atoms with Crippen molar-refractivity contribution in [2.75, 3.05) is 14.2 Å². The van der Waals surface area contributed by atoms with Crippen LogP contribution in [-0.2, 0) is 4.74 Å². The Morgan fingerprint density at radius 1 is 1.24 bits per heavy atom. The van der Waals surface area contributed by atoms with E-state index in [9.17, 15) is 9.90 Å². The molecule has 0 spiro atoms. The number of carbonyl (C=O) groups is 1. The van der Waals surface area contributed by atoms with Crippen molar-refractivity contribution in [3.8, 4) is 11.5 Å². The number of hydrogen-bond donors (Lipinski definition) is 1. The van der Waals surface area contributed by atoms with Crippen LogP contribution >= 0.6 is 0 Å². The summed E-state index contributed by atoms with van der Waals surface area (Å²) in [6, 6.07) is 3.16. The number of rotatable bonds is 4. The third-order valence-electron chi connectivity index (χ3n) is 3.94. The number of aromatic hydroxyl groups is 1. The molecule has 0 unspecified atom stereocenters. The molecule has 0 saturated heterocycles. The van der Waals surface area contributed by atoms with Crippen LogP contribution in [0.5, 0.6) is 11.5 Å². The Bertz CT molecular complexity index is 528. The van der Waals surface area contributed by atoms with E-state index in [1.807, 2.05) is 6.08 Å². The average Bonchev–Trinajstić information content (AvgIpc) is 2.52. The summed E-state index contributed by atoms with van der Waals surface area (Å²) in [5.74, 6) is 0.393. The third kappa shape index (κ3) is 3.78. The molecular weight excluding hydrogens is 268 g/mol. The molecule has 0 heterocycles. The lowest BCUT2D eigenvalue weighted by molar-refractivity contribution is 0.0597. The van der Waals surface area contributed by atoms with E-state index in [1.54, 1.807) is 6.07 Å². The molecule has 0 aromatic heterocycles. The van der Waals surface area contributed by atoms with Gasteiger partial charge in [0.25, 0.3) is 0 Å². The first kappa shape index (κ1) is 15.4. The highest BCUT2D eigenvalue weighted by molar-refractivity contribution is 5.96. The van der Waals surface area contributed by atoms with E-state index in [2.05, 4.69) is 6.08 Å². The number of hydrogen-bond acceptors (Lipinski definition) is 4. The maximum absolute atomic E-state index is 11.8. The molecule has 0 aliphatic heterocycles. The highest BCUT2D eigenvalue weighted by Crippen LogP contribution is 2.31. The lowest BCUT2D eigenvalue weighted by Gasteiger charge is -2.18. The highest BCUT2D eigenvalue weighted by Gasteiger charge is 2.18. The van der Waals surface area contributed by atoms with E-state index in [4.69, 9.17) is 9.47 Å². The summed E-state index contributed by atoms with van der Waals surface area (Å²) in [5, 5.41) is 10.0. The van der Waals surface area contributed by atoms with Crippen molar-refractivity contribution in [1.82, 2.24) is 0 Å². The van der Waals surface area contributed by atoms with Crippen LogP contribution in [0.3, 0.4) is 0 Å². The second-order valence-corrected chi connectivity index (χ2v) is 5.36. The smallest absolute Gasteiger partial charge is 0.342 e.